The van der Waals surface area contributed by atoms with Crippen molar-refractivity contribution < 1.29 is 22.0 Å². The van der Waals surface area contributed by atoms with E-state index in [0.29, 0.717) is 18.4 Å². The number of rotatable bonds is 4. The van der Waals surface area contributed by atoms with Gasteiger partial charge in [-0.05, 0) is 30.5 Å². The van der Waals surface area contributed by atoms with Crippen LogP contribution in [0.4, 0.5) is 22.0 Å². The van der Waals surface area contributed by atoms with E-state index in [1.54, 1.807) is 0 Å². The van der Waals surface area contributed by atoms with E-state index in [9.17, 15) is 22.0 Å². The normalized spacial score (nSPS) is 21.4. The Morgan fingerprint density at radius 1 is 1.35 bits per heavy atom. The molecule has 128 valence electrons. The SMILES string of the molecule is NC(=NCc1cccc(C(F)(F)F)c1)NCC1CCCC1(F)F. The second-order valence-corrected chi connectivity index (χ2v) is 5.63. The number of guanidine groups is 1. The summed E-state index contributed by atoms with van der Waals surface area (Å²) in [7, 11) is 0. The molecule has 1 aromatic rings. The van der Waals surface area contributed by atoms with Gasteiger partial charge in [-0.2, -0.15) is 13.2 Å². The van der Waals surface area contributed by atoms with Gasteiger partial charge in [0.2, 0.25) is 0 Å². The van der Waals surface area contributed by atoms with Gasteiger partial charge in [-0.25, -0.2) is 13.8 Å². The molecule has 0 heterocycles. The molecule has 1 fully saturated rings. The third-order valence-electron chi connectivity index (χ3n) is 3.88. The molecule has 2 rings (SSSR count). The third kappa shape index (κ3) is 4.80. The van der Waals surface area contributed by atoms with E-state index in [1.165, 1.54) is 12.1 Å². The highest BCUT2D eigenvalue weighted by molar-refractivity contribution is 5.77. The van der Waals surface area contributed by atoms with Gasteiger partial charge in [0.15, 0.2) is 5.96 Å². The van der Waals surface area contributed by atoms with Gasteiger partial charge in [-0.1, -0.05) is 12.1 Å². The van der Waals surface area contributed by atoms with Crippen LogP contribution in [0.3, 0.4) is 0 Å². The zero-order valence-corrected chi connectivity index (χ0v) is 12.3. The largest absolute Gasteiger partial charge is 0.416 e. The molecule has 8 heteroatoms. The molecule has 1 aliphatic carbocycles. The lowest BCUT2D eigenvalue weighted by Crippen LogP contribution is -2.39. The summed E-state index contributed by atoms with van der Waals surface area (Å²) in [5.74, 6) is -3.54. The van der Waals surface area contributed by atoms with Crippen molar-refractivity contribution in [2.75, 3.05) is 6.54 Å². The molecule has 0 radical (unpaired) electrons. The number of hydrogen-bond acceptors (Lipinski definition) is 1. The number of nitrogens with zero attached hydrogens (tertiary/aromatic N) is 1. The van der Waals surface area contributed by atoms with Crippen LogP contribution in [0, 0.1) is 5.92 Å². The number of nitrogens with one attached hydrogen (secondary N) is 1. The van der Waals surface area contributed by atoms with Crippen molar-refractivity contribution in [3.63, 3.8) is 0 Å². The topological polar surface area (TPSA) is 50.4 Å². The molecular weight excluding hydrogens is 317 g/mol. The van der Waals surface area contributed by atoms with Crippen LogP contribution in [0.1, 0.15) is 30.4 Å². The molecule has 1 aliphatic rings. The first-order valence-electron chi connectivity index (χ1n) is 7.26. The van der Waals surface area contributed by atoms with Crippen LogP contribution in [0.25, 0.3) is 0 Å². The summed E-state index contributed by atoms with van der Waals surface area (Å²) in [6, 6.07) is 4.74. The van der Waals surface area contributed by atoms with E-state index < -0.39 is 23.6 Å². The molecule has 3 N–H and O–H groups in total. The summed E-state index contributed by atoms with van der Waals surface area (Å²) < 4.78 is 64.6. The molecule has 3 nitrogen and oxygen atoms in total. The van der Waals surface area contributed by atoms with E-state index in [1.807, 2.05) is 0 Å². The summed E-state index contributed by atoms with van der Waals surface area (Å²) >= 11 is 0. The maximum Gasteiger partial charge on any atom is 0.416 e. The number of halogens is 5. The van der Waals surface area contributed by atoms with Crippen molar-refractivity contribution in [2.45, 2.75) is 37.9 Å². The Bertz CT molecular complexity index is 568. The van der Waals surface area contributed by atoms with Gasteiger partial charge in [-0.15, -0.1) is 0 Å². The molecule has 1 saturated carbocycles. The molecule has 0 bridgehead atoms. The van der Waals surface area contributed by atoms with Crippen molar-refractivity contribution in [3.05, 3.63) is 35.4 Å². The lowest BCUT2D eigenvalue weighted by molar-refractivity contribution is -0.137. The van der Waals surface area contributed by atoms with Crippen LogP contribution in [-0.2, 0) is 12.7 Å². The Hall–Kier alpha value is -1.86. The number of hydrogen-bond donors (Lipinski definition) is 2. The molecule has 0 amide bonds. The minimum atomic E-state index is -4.42. The highest BCUT2D eigenvalue weighted by Crippen LogP contribution is 2.39. The highest BCUT2D eigenvalue weighted by Gasteiger charge is 2.43. The number of alkyl halides is 5. The number of aliphatic imine (C=N–C) groups is 1. The molecule has 1 atom stereocenters. The summed E-state index contributed by atoms with van der Waals surface area (Å²) in [5, 5.41) is 2.62. The van der Waals surface area contributed by atoms with Crippen molar-refractivity contribution in [2.24, 2.45) is 16.6 Å². The Kier molecular flexibility index (Phi) is 5.11. The smallest absolute Gasteiger partial charge is 0.370 e. The summed E-state index contributed by atoms with van der Waals surface area (Å²) in [6.07, 6.45) is -3.65. The van der Waals surface area contributed by atoms with Gasteiger partial charge in [0.25, 0.3) is 5.92 Å². The third-order valence-corrected chi connectivity index (χ3v) is 3.88. The van der Waals surface area contributed by atoms with Crippen LogP contribution in [0.2, 0.25) is 0 Å². The van der Waals surface area contributed by atoms with Crippen molar-refractivity contribution in [3.8, 4) is 0 Å². The van der Waals surface area contributed by atoms with Crippen molar-refractivity contribution in [1.82, 2.24) is 5.32 Å². The van der Waals surface area contributed by atoms with E-state index in [2.05, 4.69) is 10.3 Å². The molecule has 0 aromatic heterocycles. The van der Waals surface area contributed by atoms with Gasteiger partial charge in [0, 0.05) is 18.9 Å². The van der Waals surface area contributed by atoms with Crippen molar-refractivity contribution >= 4 is 5.96 Å². The zero-order chi connectivity index (χ0) is 17.1. The molecular formula is C15H18F5N3. The predicted octanol–water partition coefficient (Wildman–Crippen LogP) is 3.55. The first-order chi connectivity index (χ1) is 10.7. The van der Waals surface area contributed by atoms with Gasteiger partial charge in [0.05, 0.1) is 12.1 Å². The fraction of sp³-hybridized carbons (Fsp3) is 0.533. The number of nitrogens with two attached hydrogens (primary N) is 1. The lowest BCUT2D eigenvalue weighted by Gasteiger charge is -2.19. The maximum atomic E-state index is 13.4. The minimum absolute atomic E-state index is 0.00489. The minimum Gasteiger partial charge on any atom is -0.370 e. The zero-order valence-electron chi connectivity index (χ0n) is 12.3. The van der Waals surface area contributed by atoms with Gasteiger partial charge < -0.3 is 11.1 Å². The Morgan fingerprint density at radius 2 is 2.09 bits per heavy atom. The summed E-state index contributed by atoms with van der Waals surface area (Å²) in [5.41, 5.74) is 5.17. The van der Waals surface area contributed by atoms with E-state index >= 15 is 0 Å². The first-order valence-corrected chi connectivity index (χ1v) is 7.26. The second-order valence-electron chi connectivity index (χ2n) is 5.63. The average molecular weight is 335 g/mol. The number of benzene rings is 1. The fourth-order valence-electron chi connectivity index (χ4n) is 2.56. The van der Waals surface area contributed by atoms with Crippen LogP contribution >= 0.6 is 0 Å². The van der Waals surface area contributed by atoms with Crippen LogP contribution in [-0.4, -0.2) is 18.4 Å². The van der Waals surface area contributed by atoms with E-state index in [4.69, 9.17) is 5.73 Å². The quantitative estimate of drug-likeness (QED) is 0.502. The highest BCUT2D eigenvalue weighted by atomic mass is 19.4. The average Bonchev–Trinajstić information content (AvgIpc) is 2.81. The first kappa shape index (κ1) is 17.5. The van der Waals surface area contributed by atoms with E-state index in [0.717, 1.165) is 12.1 Å². The Balaban J connectivity index is 1.90. The van der Waals surface area contributed by atoms with Gasteiger partial charge >= 0.3 is 6.18 Å². The van der Waals surface area contributed by atoms with Gasteiger partial charge in [-0.3, -0.25) is 0 Å². The monoisotopic (exact) mass is 335 g/mol. The van der Waals surface area contributed by atoms with Gasteiger partial charge in [0.1, 0.15) is 0 Å². The van der Waals surface area contributed by atoms with Crippen LogP contribution in [0.5, 0.6) is 0 Å². The summed E-state index contributed by atoms with van der Waals surface area (Å²) in [4.78, 5) is 3.90. The summed E-state index contributed by atoms with van der Waals surface area (Å²) in [6.45, 7) is -0.0469. The van der Waals surface area contributed by atoms with Crippen LogP contribution < -0.4 is 11.1 Å². The molecule has 23 heavy (non-hydrogen) atoms. The molecule has 0 saturated heterocycles. The lowest BCUT2D eigenvalue weighted by atomic mass is 10.1. The maximum absolute atomic E-state index is 13.4. The standard InChI is InChI=1S/C15H18F5N3/c16-14(17)6-2-5-12(14)9-23-13(21)22-8-10-3-1-4-11(7-10)15(18,19)20/h1,3-4,7,12H,2,5-6,8-9H2,(H3,21,22,23). The molecule has 1 unspecified atom stereocenters. The second kappa shape index (κ2) is 6.72. The van der Waals surface area contributed by atoms with E-state index in [-0.39, 0.29) is 25.5 Å². The molecule has 0 aliphatic heterocycles. The molecule has 0 spiro atoms. The Labute approximate surface area is 130 Å². The molecule has 1 aromatic carbocycles. The predicted molar refractivity (Wildman–Crippen MR) is 77.1 cm³/mol. The Morgan fingerprint density at radius 3 is 2.70 bits per heavy atom. The van der Waals surface area contributed by atoms with Crippen LogP contribution in [0.15, 0.2) is 29.3 Å². The fourth-order valence-corrected chi connectivity index (χ4v) is 2.56. The van der Waals surface area contributed by atoms with Crippen molar-refractivity contribution in [1.29, 1.82) is 0 Å².